The maximum atomic E-state index is 11.7. The molecule has 2 rings (SSSR count). The molecular weight excluding hydrogens is 312 g/mol. The van der Waals surface area contributed by atoms with Crippen LogP contribution in [-0.2, 0) is 11.2 Å². The van der Waals surface area contributed by atoms with E-state index in [-0.39, 0.29) is 6.09 Å². The summed E-state index contributed by atoms with van der Waals surface area (Å²) in [6, 6.07) is 4.22. The summed E-state index contributed by atoms with van der Waals surface area (Å²) in [6.07, 6.45) is 0.752. The summed E-state index contributed by atoms with van der Waals surface area (Å²) in [5.74, 6) is 0.938. The molecule has 0 saturated carbocycles. The van der Waals surface area contributed by atoms with E-state index in [1.807, 2.05) is 6.92 Å². The number of amides is 1. The van der Waals surface area contributed by atoms with Crippen LogP contribution in [0.3, 0.4) is 0 Å². The molecule has 0 aliphatic carbocycles. The van der Waals surface area contributed by atoms with Gasteiger partial charge in [-0.25, -0.2) is 4.79 Å². The van der Waals surface area contributed by atoms with Crippen LogP contribution in [0.15, 0.2) is 22.5 Å². The average molecular weight is 338 g/mol. The zero-order chi connectivity index (χ0) is 16.5. The molecule has 0 aromatic carbocycles. The van der Waals surface area contributed by atoms with Crippen molar-refractivity contribution in [1.29, 1.82) is 0 Å². The van der Waals surface area contributed by atoms with E-state index < -0.39 is 0 Å². The minimum absolute atomic E-state index is 0.216. The van der Waals surface area contributed by atoms with E-state index in [1.165, 1.54) is 4.88 Å². The molecule has 1 saturated heterocycles. The molecule has 1 fully saturated rings. The predicted octanol–water partition coefficient (Wildman–Crippen LogP) is 2.03. The Kier molecular flexibility index (Phi) is 7.19. The fourth-order valence-corrected chi connectivity index (χ4v) is 3.17. The monoisotopic (exact) mass is 338 g/mol. The van der Waals surface area contributed by atoms with Crippen LogP contribution in [0, 0.1) is 0 Å². The number of hydrogen-bond donors (Lipinski definition) is 1. The summed E-state index contributed by atoms with van der Waals surface area (Å²) >= 11 is 1.77. The van der Waals surface area contributed by atoms with Gasteiger partial charge in [-0.15, -0.1) is 11.3 Å². The molecule has 2 heterocycles. The van der Waals surface area contributed by atoms with Gasteiger partial charge in [-0.2, -0.15) is 0 Å². The van der Waals surface area contributed by atoms with Crippen molar-refractivity contribution in [2.24, 2.45) is 4.99 Å². The lowest BCUT2D eigenvalue weighted by Gasteiger charge is -2.35. The Balaban J connectivity index is 1.85. The van der Waals surface area contributed by atoms with Gasteiger partial charge < -0.3 is 19.9 Å². The Hall–Kier alpha value is -1.76. The molecule has 128 valence electrons. The summed E-state index contributed by atoms with van der Waals surface area (Å²) in [5.41, 5.74) is 0. The highest BCUT2D eigenvalue weighted by Gasteiger charge is 2.23. The van der Waals surface area contributed by atoms with Crippen LogP contribution in [0.1, 0.15) is 18.7 Å². The van der Waals surface area contributed by atoms with Gasteiger partial charge in [-0.05, 0) is 25.3 Å². The first-order valence-electron chi connectivity index (χ1n) is 8.22. The Bertz CT molecular complexity index is 496. The van der Waals surface area contributed by atoms with Gasteiger partial charge in [0.15, 0.2) is 5.96 Å². The van der Waals surface area contributed by atoms with Gasteiger partial charge in [0.1, 0.15) is 0 Å². The SMILES string of the molecule is CCNC(=NCCc1cccs1)N1CCN(C(=O)OCC)CC1. The van der Waals surface area contributed by atoms with Crippen molar-refractivity contribution in [3.8, 4) is 0 Å². The van der Waals surface area contributed by atoms with Crippen LogP contribution < -0.4 is 5.32 Å². The van der Waals surface area contributed by atoms with Crippen molar-refractivity contribution >= 4 is 23.4 Å². The van der Waals surface area contributed by atoms with Crippen molar-refractivity contribution in [3.05, 3.63) is 22.4 Å². The predicted molar refractivity (Wildman–Crippen MR) is 94.2 cm³/mol. The Morgan fingerprint density at radius 2 is 2.04 bits per heavy atom. The molecule has 0 spiro atoms. The Labute approximate surface area is 142 Å². The van der Waals surface area contributed by atoms with Crippen molar-refractivity contribution in [2.45, 2.75) is 20.3 Å². The maximum absolute atomic E-state index is 11.7. The number of nitrogens with zero attached hydrogens (tertiary/aromatic N) is 3. The molecule has 0 bridgehead atoms. The van der Waals surface area contributed by atoms with Gasteiger partial charge in [-0.3, -0.25) is 4.99 Å². The Morgan fingerprint density at radius 3 is 2.65 bits per heavy atom. The molecule has 0 radical (unpaired) electrons. The standard InChI is InChI=1S/C16H26N4O2S/c1-3-17-15(18-8-7-14-6-5-13-23-14)19-9-11-20(12-10-19)16(21)22-4-2/h5-6,13H,3-4,7-12H2,1-2H3,(H,17,18). The van der Waals surface area contributed by atoms with Gasteiger partial charge in [0, 0.05) is 50.6 Å². The van der Waals surface area contributed by atoms with E-state index in [4.69, 9.17) is 9.73 Å². The number of nitrogens with one attached hydrogen (secondary N) is 1. The van der Waals surface area contributed by atoms with Gasteiger partial charge in [0.25, 0.3) is 0 Å². The fourth-order valence-electron chi connectivity index (χ4n) is 2.47. The zero-order valence-corrected chi connectivity index (χ0v) is 14.8. The Morgan fingerprint density at radius 1 is 1.30 bits per heavy atom. The normalized spacial score (nSPS) is 15.7. The van der Waals surface area contributed by atoms with Crippen LogP contribution in [0.5, 0.6) is 0 Å². The molecule has 1 aromatic heterocycles. The first-order valence-corrected chi connectivity index (χ1v) is 9.10. The van der Waals surface area contributed by atoms with Crippen molar-refractivity contribution in [1.82, 2.24) is 15.1 Å². The molecule has 1 N–H and O–H groups in total. The number of carbonyl (C=O) groups is 1. The minimum atomic E-state index is -0.216. The molecule has 0 unspecified atom stereocenters. The van der Waals surface area contributed by atoms with Gasteiger partial charge >= 0.3 is 6.09 Å². The van der Waals surface area contributed by atoms with Crippen LogP contribution >= 0.6 is 11.3 Å². The number of carbonyl (C=O) groups excluding carboxylic acids is 1. The number of rotatable bonds is 5. The average Bonchev–Trinajstić information content (AvgIpc) is 3.08. The molecule has 1 aliphatic rings. The molecule has 0 atom stereocenters. The van der Waals surface area contributed by atoms with Crippen LogP contribution in [0.4, 0.5) is 4.79 Å². The van der Waals surface area contributed by atoms with Crippen LogP contribution in [0.2, 0.25) is 0 Å². The third-order valence-electron chi connectivity index (χ3n) is 3.64. The maximum Gasteiger partial charge on any atom is 0.409 e. The second-order valence-electron chi connectivity index (χ2n) is 5.24. The minimum Gasteiger partial charge on any atom is -0.450 e. The van der Waals surface area contributed by atoms with Crippen molar-refractivity contribution in [3.63, 3.8) is 0 Å². The first kappa shape index (κ1) is 17.6. The number of hydrogen-bond acceptors (Lipinski definition) is 4. The summed E-state index contributed by atoms with van der Waals surface area (Å²) in [5, 5.41) is 5.44. The van der Waals surface area contributed by atoms with E-state index in [0.29, 0.717) is 19.7 Å². The van der Waals surface area contributed by atoms with Crippen molar-refractivity contribution < 1.29 is 9.53 Å². The molecule has 23 heavy (non-hydrogen) atoms. The number of piperazine rings is 1. The highest BCUT2D eigenvalue weighted by molar-refractivity contribution is 7.09. The summed E-state index contributed by atoms with van der Waals surface area (Å²) in [7, 11) is 0. The molecule has 1 amide bonds. The molecular formula is C16H26N4O2S. The smallest absolute Gasteiger partial charge is 0.409 e. The number of thiophene rings is 1. The molecule has 1 aliphatic heterocycles. The van der Waals surface area contributed by atoms with E-state index in [9.17, 15) is 4.79 Å². The third-order valence-corrected chi connectivity index (χ3v) is 4.58. The van der Waals surface area contributed by atoms with E-state index in [2.05, 4.69) is 34.7 Å². The van der Waals surface area contributed by atoms with Crippen LogP contribution in [-0.4, -0.2) is 67.7 Å². The van der Waals surface area contributed by atoms with Gasteiger partial charge in [0.2, 0.25) is 0 Å². The summed E-state index contributed by atoms with van der Waals surface area (Å²) < 4.78 is 5.05. The topological polar surface area (TPSA) is 57.2 Å². The van der Waals surface area contributed by atoms with E-state index in [1.54, 1.807) is 16.2 Å². The highest BCUT2D eigenvalue weighted by atomic mass is 32.1. The molecule has 1 aromatic rings. The number of aliphatic imine (C=N–C) groups is 1. The van der Waals surface area contributed by atoms with E-state index >= 15 is 0 Å². The third kappa shape index (κ3) is 5.42. The summed E-state index contributed by atoms with van der Waals surface area (Å²) in [4.78, 5) is 21.8. The van der Waals surface area contributed by atoms with E-state index in [0.717, 1.165) is 38.6 Å². The van der Waals surface area contributed by atoms with Crippen molar-refractivity contribution in [2.75, 3.05) is 45.9 Å². The zero-order valence-electron chi connectivity index (χ0n) is 14.0. The van der Waals surface area contributed by atoms with Crippen LogP contribution in [0.25, 0.3) is 0 Å². The number of ether oxygens (including phenoxy) is 1. The lowest BCUT2D eigenvalue weighted by Crippen LogP contribution is -2.54. The lowest BCUT2D eigenvalue weighted by atomic mass is 10.3. The second kappa shape index (κ2) is 9.39. The first-order chi connectivity index (χ1) is 11.2. The second-order valence-corrected chi connectivity index (χ2v) is 6.27. The molecule has 6 nitrogen and oxygen atoms in total. The van der Waals surface area contributed by atoms with Gasteiger partial charge in [-0.1, -0.05) is 6.07 Å². The fraction of sp³-hybridized carbons (Fsp3) is 0.625. The van der Waals surface area contributed by atoms with Gasteiger partial charge in [0.05, 0.1) is 6.61 Å². The highest BCUT2D eigenvalue weighted by Crippen LogP contribution is 2.09. The number of guanidine groups is 1. The molecule has 7 heteroatoms. The quantitative estimate of drug-likeness (QED) is 0.659. The summed E-state index contributed by atoms with van der Waals surface area (Å²) in [6.45, 7) is 8.86. The lowest BCUT2D eigenvalue weighted by molar-refractivity contribution is 0.0914. The largest absolute Gasteiger partial charge is 0.450 e.